The molecule has 1 unspecified atom stereocenters. The van der Waals surface area contributed by atoms with E-state index < -0.39 is 5.54 Å². The molecule has 0 bridgehead atoms. The van der Waals surface area contributed by atoms with Crippen LogP contribution in [-0.4, -0.2) is 37.0 Å². The van der Waals surface area contributed by atoms with E-state index in [0.29, 0.717) is 12.5 Å². The molecule has 22 heavy (non-hydrogen) atoms. The van der Waals surface area contributed by atoms with Crippen LogP contribution in [0, 0.1) is 17.2 Å². The van der Waals surface area contributed by atoms with Crippen LogP contribution in [0.4, 0.5) is 0 Å². The Morgan fingerprint density at radius 3 is 2.86 bits per heavy atom. The van der Waals surface area contributed by atoms with Crippen molar-refractivity contribution in [3.63, 3.8) is 0 Å². The third kappa shape index (κ3) is 4.22. The molecule has 1 aromatic carbocycles. The second-order valence-corrected chi connectivity index (χ2v) is 6.16. The van der Waals surface area contributed by atoms with Gasteiger partial charge in [0, 0.05) is 6.54 Å². The van der Waals surface area contributed by atoms with Crippen LogP contribution in [0.2, 0.25) is 0 Å². The van der Waals surface area contributed by atoms with Gasteiger partial charge in [0.1, 0.15) is 11.3 Å². The normalized spacial score (nSPS) is 16.7. The Hall–Kier alpha value is -2.06. The fraction of sp³-hybridized carbons (Fsp3) is 0.529. The highest BCUT2D eigenvalue weighted by atomic mass is 16.5. The molecule has 5 heteroatoms. The standard InChI is InChI=1S/C17H23N3O2/c1-17(12-18,14-7-8-14)19-16(21)11-20(2)10-13-5-4-6-15(9-13)22-3/h4-6,9,14H,7-8,10-11H2,1-3H3,(H,19,21). The van der Waals surface area contributed by atoms with Crippen LogP contribution in [0.25, 0.3) is 0 Å². The van der Waals surface area contributed by atoms with E-state index in [-0.39, 0.29) is 12.5 Å². The van der Waals surface area contributed by atoms with Gasteiger partial charge in [0.25, 0.3) is 0 Å². The lowest BCUT2D eigenvalue weighted by atomic mass is 9.98. The number of nitrogens with one attached hydrogen (secondary N) is 1. The number of hydrogen-bond acceptors (Lipinski definition) is 4. The van der Waals surface area contributed by atoms with Crippen molar-refractivity contribution in [2.24, 2.45) is 5.92 Å². The predicted molar refractivity (Wildman–Crippen MR) is 84.2 cm³/mol. The maximum absolute atomic E-state index is 12.1. The second kappa shape index (κ2) is 6.80. The molecule has 1 aliphatic carbocycles. The van der Waals surface area contributed by atoms with Gasteiger partial charge in [-0.1, -0.05) is 12.1 Å². The summed E-state index contributed by atoms with van der Waals surface area (Å²) < 4.78 is 5.20. The number of rotatable bonds is 7. The van der Waals surface area contributed by atoms with Crippen molar-refractivity contribution in [3.05, 3.63) is 29.8 Å². The summed E-state index contributed by atoms with van der Waals surface area (Å²) in [4.78, 5) is 14.1. The number of ether oxygens (including phenoxy) is 1. The van der Waals surface area contributed by atoms with Gasteiger partial charge in [-0.25, -0.2) is 0 Å². The molecule has 1 atom stereocenters. The van der Waals surface area contributed by atoms with E-state index in [0.717, 1.165) is 24.2 Å². The Bertz CT molecular complexity index is 578. The molecule has 118 valence electrons. The predicted octanol–water partition coefficient (Wildman–Crippen LogP) is 1.94. The van der Waals surface area contributed by atoms with E-state index in [1.807, 2.05) is 43.1 Å². The maximum Gasteiger partial charge on any atom is 0.235 e. The number of nitriles is 1. The smallest absolute Gasteiger partial charge is 0.235 e. The van der Waals surface area contributed by atoms with Crippen LogP contribution in [0.3, 0.4) is 0 Å². The Morgan fingerprint density at radius 1 is 1.55 bits per heavy atom. The largest absolute Gasteiger partial charge is 0.497 e. The van der Waals surface area contributed by atoms with Gasteiger partial charge in [-0.2, -0.15) is 5.26 Å². The van der Waals surface area contributed by atoms with Gasteiger partial charge in [-0.05, 0) is 50.4 Å². The van der Waals surface area contributed by atoms with E-state index in [1.54, 1.807) is 7.11 Å². The lowest BCUT2D eigenvalue weighted by Crippen LogP contribution is -2.49. The van der Waals surface area contributed by atoms with E-state index in [4.69, 9.17) is 4.74 Å². The zero-order chi connectivity index (χ0) is 16.2. The Morgan fingerprint density at radius 2 is 2.27 bits per heavy atom. The second-order valence-electron chi connectivity index (χ2n) is 6.16. The minimum absolute atomic E-state index is 0.110. The highest BCUT2D eigenvalue weighted by Gasteiger charge is 2.42. The lowest BCUT2D eigenvalue weighted by molar-refractivity contribution is -0.123. The fourth-order valence-electron chi connectivity index (χ4n) is 2.59. The summed E-state index contributed by atoms with van der Waals surface area (Å²) >= 11 is 0. The van der Waals surface area contributed by atoms with E-state index in [2.05, 4.69) is 11.4 Å². The quantitative estimate of drug-likeness (QED) is 0.836. The van der Waals surface area contributed by atoms with Crippen molar-refractivity contribution >= 4 is 5.91 Å². The topological polar surface area (TPSA) is 65.4 Å². The Balaban J connectivity index is 1.87. The Labute approximate surface area is 131 Å². The summed E-state index contributed by atoms with van der Waals surface area (Å²) in [5.41, 5.74) is 0.355. The third-order valence-corrected chi connectivity index (χ3v) is 4.03. The molecular weight excluding hydrogens is 278 g/mol. The molecule has 1 fully saturated rings. The van der Waals surface area contributed by atoms with Crippen LogP contribution in [-0.2, 0) is 11.3 Å². The highest BCUT2D eigenvalue weighted by molar-refractivity contribution is 5.79. The molecule has 0 aromatic heterocycles. The number of methoxy groups -OCH3 is 1. The number of carbonyl (C=O) groups excluding carboxylic acids is 1. The average Bonchev–Trinajstić information content (AvgIpc) is 3.32. The maximum atomic E-state index is 12.1. The van der Waals surface area contributed by atoms with E-state index >= 15 is 0 Å². The van der Waals surface area contributed by atoms with Gasteiger partial charge in [0.05, 0.1) is 19.7 Å². The molecule has 0 radical (unpaired) electrons. The number of likely N-dealkylation sites (N-methyl/N-ethyl adjacent to an activating group) is 1. The molecule has 1 saturated carbocycles. The minimum Gasteiger partial charge on any atom is -0.497 e. The molecule has 2 rings (SSSR count). The molecule has 0 aliphatic heterocycles. The Kier molecular flexibility index (Phi) is 5.04. The van der Waals surface area contributed by atoms with Crippen LogP contribution < -0.4 is 10.1 Å². The molecule has 0 spiro atoms. The molecule has 1 aliphatic rings. The fourth-order valence-corrected chi connectivity index (χ4v) is 2.59. The van der Waals surface area contributed by atoms with Gasteiger partial charge in [-0.15, -0.1) is 0 Å². The molecule has 0 saturated heterocycles. The highest BCUT2D eigenvalue weighted by Crippen LogP contribution is 2.39. The molecule has 0 heterocycles. The van der Waals surface area contributed by atoms with Crippen LogP contribution in [0.1, 0.15) is 25.3 Å². The number of hydrogen-bond donors (Lipinski definition) is 1. The molecule has 1 amide bonds. The molecule has 1 aromatic rings. The lowest BCUT2D eigenvalue weighted by Gasteiger charge is -2.25. The first-order valence-electron chi connectivity index (χ1n) is 7.50. The summed E-state index contributed by atoms with van der Waals surface area (Å²) in [5, 5.41) is 12.2. The molecule has 1 N–H and O–H groups in total. The summed E-state index contributed by atoms with van der Waals surface area (Å²) in [6.45, 7) is 2.73. The first-order valence-corrected chi connectivity index (χ1v) is 7.50. The first kappa shape index (κ1) is 16.3. The first-order chi connectivity index (χ1) is 10.5. The van der Waals surface area contributed by atoms with E-state index in [1.165, 1.54) is 0 Å². The van der Waals surface area contributed by atoms with Crippen molar-refractivity contribution < 1.29 is 9.53 Å². The SMILES string of the molecule is COc1cccc(CN(C)CC(=O)NC(C)(C#N)C2CC2)c1. The molecular formula is C17H23N3O2. The van der Waals surface area contributed by atoms with Gasteiger partial charge in [-0.3, -0.25) is 9.69 Å². The van der Waals surface area contributed by atoms with Gasteiger partial charge < -0.3 is 10.1 Å². The summed E-state index contributed by atoms with van der Waals surface area (Å²) in [7, 11) is 3.52. The van der Waals surface area contributed by atoms with Gasteiger partial charge in [0.15, 0.2) is 0 Å². The number of nitrogens with zero attached hydrogens (tertiary/aromatic N) is 2. The summed E-state index contributed by atoms with van der Waals surface area (Å²) in [6.07, 6.45) is 2.04. The van der Waals surface area contributed by atoms with Crippen molar-refractivity contribution in [2.45, 2.75) is 31.8 Å². The number of carbonyl (C=O) groups is 1. The summed E-state index contributed by atoms with van der Waals surface area (Å²) in [5.74, 6) is 0.993. The third-order valence-electron chi connectivity index (χ3n) is 4.03. The van der Waals surface area contributed by atoms with Crippen LogP contribution >= 0.6 is 0 Å². The van der Waals surface area contributed by atoms with Gasteiger partial charge >= 0.3 is 0 Å². The van der Waals surface area contributed by atoms with Gasteiger partial charge in [0.2, 0.25) is 5.91 Å². The summed E-state index contributed by atoms with van der Waals surface area (Å²) in [6, 6.07) is 10.0. The zero-order valence-electron chi connectivity index (χ0n) is 13.4. The van der Waals surface area contributed by atoms with Crippen LogP contribution in [0.15, 0.2) is 24.3 Å². The average molecular weight is 301 g/mol. The van der Waals surface area contributed by atoms with Crippen molar-refractivity contribution in [2.75, 3.05) is 20.7 Å². The van der Waals surface area contributed by atoms with Crippen molar-refractivity contribution in [1.29, 1.82) is 5.26 Å². The number of amides is 1. The van der Waals surface area contributed by atoms with Crippen molar-refractivity contribution in [3.8, 4) is 11.8 Å². The number of benzene rings is 1. The zero-order valence-corrected chi connectivity index (χ0v) is 13.4. The molecule has 5 nitrogen and oxygen atoms in total. The minimum atomic E-state index is -0.728. The van der Waals surface area contributed by atoms with Crippen molar-refractivity contribution in [1.82, 2.24) is 10.2 Å². The van der Waals surface area contributed by atoms with E-state index in [9.17, 15) is 10.1 Å². The monoisotopic (exact) mass is 301 g/mol. The van der Waals surface area contributed by atoms with Crippen LogP contribution in [0.5, 0.6) is 5.75 Å².